The smallest absolute Gasteiger partial charge is 0.323 e. The molecular formula is C12H18N4O3. The van der Waals surface area contributed by atoms with Crippen LogP contribution < -0.4 is 10.6 Å². The van der Waals surface area contributed by atoms with Gasteiger partial charge in [0, 0.05) is 18.7 Å². The fraction of sp³-hybridized carbons (Fsp3) is 0.583. The van der Waals surface area contributed by atoms with Gasteiger partial charge < -0.3 is 20.7 Å². The first-order valence-corrected chi connectivity index (χ1v) is 6.41. The highest BCUT2D eigenvalue weighted by molar-refractivity contribution is 5.93. The lowest BCUT2D eigenvalue weighted by Gasteiger charge is -2.23. The molecule has 1 aliphatic heterocycles. The zero-order valence-corrected chi connectivity index (χ0v) is 10.9. The largest absolute Gasteiger partial charge is 0.358 e. The third-order valence-corrected chi connectivity index (χ3v) is 3.44. The first-order chi connectivity index (χ1) is 9.09. The SMILES string of the molecule is Cn1c(C(=O)NCC2CCCCN2)ccc1[N+](=O)[O-]. The standard InChI is InChI=1S/C12H18N4O3/c1-15-10(5-6-11(15)16(18)19)12(17)14-8-9-4-2-3-7-13-9/h5-6,9,13H,2-4,7-8H2,1H3,(H,14,17). The zero-order valence-electron chi connectivity index (χ0n) is 10.9. The molecule has 1 amide bonds. The Balaban J connectivity index is 1.94. The molecule has 0 aliphatic carbocycles. The molecule has 2 N–H and O–H groups in total. The summed E-state index contributed by atoms with van der Waals surface area (Å²) in [7, 11) is 1.52. The highest BCUT2D eigenvalue weighted by Gasteiger charge is 2.21. The fourth-order valence-electron chi connectivity index (χ4n) is 2.32. The zero-order chi connectivity index (χ0) is 13.8. The molecule has 1 aromatic rings. The summed E-state index contributed by atoms with van der Waals surface area (Å²) in [6.07, 6.45) is 3.39. The van der Waals surface area contributed by atoms with Crippen LogP contribution in [-0.2, 0) is 7.05 Å². The Morgan fingerprint density at radius 1 is 1.58 bits per heavy atom. The van der Waals surface area contributed by atoms with E-state index in [1.807, 2.05) is 0 Å². The molecule has 1 atom stereocenters. The van der Waals surface area contributed by atoms with Gasteiger partial charge in [0.25, 0.3) is 5.91 Å². The van der Waals surface area contributed by atoms with Crippen molar-refractivity contribution in [3.63, 3.8) is 0 Å². The number of piperidine rings is 1. The number of amides is 1. The summed E-state index contributed by atoms with van der Waals surface area (Å²) in [5.41, 5.74) is 0.308. The third kappa shape index (κ3) is 3.11. The molecule has 1 aromatic heterocycles. The van der Waals surface area contributed by atoms with E-state index >= 15 is 0 Å². The maximum atomic E-state index is 12.0. The van der Waals surface area contributed by atoms with Gasteiger partial charge in [-0.2, -0.15) is 0 Å². The average Bonchev–Trinajstić information content (AvgIpc) is 2.79. The predicted molar refractivity (Wildman–Crippen MR) is 70.0 cm³/mol. The molecule has 0 spiro atoms. The molecule has 1 fully saturated rings. The molecule has 0 bridgehead atoms. The minimum Gasteiger partial charge on any atom is -0.358 e. The van der Waals surface area contributed by atoms with Gasteiger partial charge in [-0.15, -0.1) is 0 Å². The van der Waals surface area contributed by atoms with Crippen molar-refractivity contribution in [2.75, 3.05) is 13.1 Å². The summed E-state index contributed by atoms with van der Waals surface area (Å²) in [5, 5.41) is 16.9. The van der Waals surface area contributed by atoms with Crippen molar-refractivity contribution < 1.29 is 9.72 Å². The number of nitrogens with zero attached hydrogens (tertiary/aromatic N) is 2. The van der Waals surface area contributed by atoms with Crippen molar-refractivity contribution in [3.05, 3.63) is 27.9 Å². The molecule has 1 saturated heterocycles. The van der Waals surface area contributed by atoms with Crippen molar-refractivity contribution in [2.24, 2.45) is 7.05 Å². The lowest BCUT2D eigenvalue weighted by atomic mass is 10.1. The van der Waals surface area contributed by atoms with Gasteiger partial charge in [0.1, 0.15) is 0 Å². The second-order valence-electron chi connectivity index (χ2n) is 4.75. The Labute approximate surface area is 111 Å². The number of aromatic nitrogens is 1. The topological polar surface area (TPSA) is 89.2 Å². The Kier molecular flexibility index (Phi) is 4.16. The number of carbonyl (C=O) groups excluding carboxylic acids is 1. The minimum absolute atomic E-state index is 0.0825. The molecule has 19 heavy (non-hydrogen) atoms. The van der Waals surface area contributed by atoms with E-state index in [1.54, 1.807) is 0 Å². The summed E-state index contributed by atoms with van der Waals surface area (Å²) in [4.78, 5) is 22.2. The van der Waals surface area contributed by atoms with E-state index in [0.717, 1.165) is 13.0 Å². The molecular weight excluding hydrogens is 248 g/mol. The summed E-state index contributed by atoms with van der Waals surface area (Å²) in [6, 6.07) is 3.11. The molecule has 0 radical (unpaired) electrons. The maximum absolute atomic E-state index is 12.0. The van der Waals surface area contributed by atoms with Gasteiger partial charge in [-0.25, -0.2) is 4.57 Å². The Morgan fingerprint density at radius 2 is 2.37 bits per heavy atom. The van der Waals surface area contributed by atoms with E-state index in [1.165, 1.54) is 36.6 Å². The molecule has 2 heterocycles. The van der Waals surface area contributed by atoms with E-state index in [0.29, 0.717) is 18.3 Å². The molecule has 104 valence electrons. The Hall–Kier alpha value is -1.89. The van der Waals surface area contributed by atoms with Crippen molar-refractivity contribution >= 4 is 11.7 Å². The number of carbonyl (C=O) groups is 1. The second kappa shape index (κ2) is 5.83. The van der Waals surface area contributed by atoms with Gasteiger partial charge >= 0.3 is 5.82 Å². The molecule has 2 rings (SSSR count). The average molecular weight is 266 g/mol. The second-order valence-corrected chi connectivity index (χ2v) is 4.75. The van der Waals surface area contributed by atoms with Crippen LogP contribution in [0.15, 0.2) is 12.1 Å². The summed E-state index contributed by atoms with van der Waals surface area (Å²) >= 11 is 0. The van der Waals surface area contributed by atoms with Crippen LogP contribution in [0.2, 0.25) is 0 Å². The molecule has 0 aromatic carbocycles. The van der Waals surface area contributed by atoms with E-state index in [9.17, 15) is 14.9 Å². The van der Waals surface area contributed by atoms with Crippen LogP contribution in [0.3, 0.4) is 0 Å². The van der Waals surface area contributed by atoms with Crippen LogP contribution >= 0.6 is 0 Å². The van der Waals surface area contributed by atoms with Crippen molar-refractivity contribution in [1.29, 1.82) is 0 Å². The normalized spacial score (nSPS) is 19.1. The van der Waals surface area contributed by atoms with E-state index in [2.05, 4.69) is 10.6 Å². The minimum atomic E-state index is -0.501. The van der Waals surface area contributed by atoms with Crippen LogP contribution in [-0.4, -0.2) is 34.5 Å². The van der Waals surface area contributed by atoms with E-state index < -0.39 is 4.92 Å². The molecule has 7 nitrogen and oxygen atoms in total. The van der Waals surface area contributed by atoms with Gasteiger partial charge in [0.2, 0.25) is 0 Å². The maximum Gasteiger partial charge on any atom is 0.323 e. The summed E-state index contributed by atoms with van der Waals surface area (Å²) < 4.78 is 1.30. The summed E-state index contributed by atoms with van der Waals surface area (Å²) in [5.74, 6) is -0.357. The van der Waals surface area contributed by atoms with Crippen molar-refractivity contribution in [3.8, 4) is 0 Å². The van der Waals surface area contributed by atoms with Gasteiger partial charge in [-0.3, -0.25) is 4.79 Å². The van der Waals surface area contributed by atoms with Crippen LogP contribution in [0.1, 0.15) is 29.8 Å². The van der Waals surface area contributed by atoms with Crippen LogP contribution in [0.25, 0.3) is 0 Å². The van der Waals surface area contributed by atoms with Crippen molar-refractivity contribution in [1.82, 2.24) is 15.2 Å². The van der Waals surface area contributed by atoms with Crippen LogP contribution in [0, 0.1) is 10.1 Å². The van der Waals surface area contributed by atoms with Crippen LogP contribution in [0.4, 0.5) is 5.82 Å². The van der Waals surface area contributed by atoms with Gasteiger partial charge in [-0.05, 0) is 30.4 Å². The highest BCUT2D eigenvalue weighted by atomic mass is 16.6. The number of hydrogen-bond donors (Lipinski definition) is 2. The van der Waals surface area contributed by atoms with Gasteiger partial charge in [0.05, 0.1) is 7.05 Å². The predicted octanol–water partition coefficient (Wildman–Crippen LogP) is 0.805. The van der Waals surface area contributed by atoms with Crippen LogP contribution in [0.5, 0.6) is 0 Å². The highest BCUT2D eigenvalue weighted by Crippen LogP contribution is 2.15. The molecule has 1 unspecified atom stereocenters. The fourth-order valence-corrected chi connectivity index (χ4v) is 2.32. The Bertz CT molecular complexity index is 477. The quantitative estimate of drug-likeness (QED) is 0.623. The molecule has 0 saturated carbocycles. The molecule has 1 aliphatic rings. The monoisotopic (exact) mass is 266 g/mol. The number of rotatable bonds is 4. The first-order valence-electron chi connectivity index (χ1n) is 6.41. The van der Waals surface area contributed by atoms with E-state index in [-0.39, 0.29) is 11.7 Å². The first kappa shape index (κ1) is 13.5. The van der Waals surface area contributed by atoms with Gasteiger partial charge in [0.15, 0.2) is 5.69 Å². The lowest BCUT2D eigenvalue weighted by molar-refractivity contribution is -0.391. The Morgan fingerprint density at radius 3 is 2.95 bits per heavy atom. The number of nitrogens with one attached hydrogen (secondary N) is 2. The number of nitro groups is 1. The lowest BCUT2D eigenvalue weighted by Crippen LogP contribution is -2.43. The summed E-state index contributed by atoms with van der Waals surface area (Å²) in [6.45, 7) is 1.54. The molecule has 7 heteroatoms. The van der Waals surface area contributed by atoms with Gasteiger partial charge in [-0.1, -0.05) is 6.42 Å². The van der Waals surface area contributed by atoms with Crippen molar-refractivity contribution in [2.45, 2.75) is 25.3 Å². The van der Waals surface area contributed by atoms with E-state index in [4.69, 9.17) is 0 Å². The number of hydrogen-bond acceptors (Lipinski definition) is 4. The third-order valence-electron chi connectivity index (χ3n) is 3.44.